The summed E-state index contributed by atoms with van der Waals surface area (Å²) in [5.74, 6) is 0. The maximum absolute atomic E-state index is 10.3. The molecule has 1 fully saturated rings. The van der Waals surface area contributed by atoms with Gasteiger partial charge in [-0.15, -0.1) is 0 Å². The second-order valence-corrected chi connectivity index (χ2v) is 5.95. The molecule has 4 atom stereocenters. The molecule has 3 aromatic carbocycles. The lowest BCUT2D eigenvalue weighted by Gasteiger charge is -2.24. The zero-order chi connectivity index (χ0) is 14.1. The Labute approximate surface area is 121 Å². The molecule has 104 valence electrons. The van der Waals surface area contributed by atoms with Gasteiger partial charge in [0.2, 0.25) is 0 Å². The first-order valence-corrected chi connectivity index (χ1v) is 7.21. The molecule has 21 heavy (non-hydrogen) atoms. The fourth-order valence-corrected chi connectivity index (χ4v) is 3.59. The number of aliphatic hydroxyl groups is 2. The molecule has 0 spiro atoms. The van der Waals surface area contributed by atoms with E-state index < -0.39 is 12.2 Å². The van der Waals surface area contributed by atoms with Crippen LogP contribution in [-0.2, 0) is 4.74 Å². The van der Waals surface area contributed by atoms with Gasteiger partial charge in [0.25, 0.3) is 0 Å². The highest BCUT2D eigenvalue weighted by molar-refractivity contribution is 6.08. The predicted molar refractivity (Wildman–Crippen MR) is 80.0 cm³/mol. The number of ether oxygens (including phenoxy) is 1. The molecule has 0 amide bonds. The zero-order valence-electron chi connectivity index (χ0n) is 11.2. The Hall–Kier alpha value is -1.94. The van der Waals surface area contributed by atoms with E-state index in [0.29, 0.717) is 0 Å². The number of hydrogen-bond acceptors (Lipinski definition) is 3. The molecule has 1 saturated heterocycles. The van der Waals surface area contributed by atoms with Crippen LogP contribution < -0.4 is 0 Å². The minimum atomic E-state index is -0.868. The fraction of sp³-hybridized carbons (Fsp3) is 0.222. The number of fused-ring (bicyclic) bond motifs is 6. The van der Waals surface area contributed by atoms with Crippen LogP contribution in [0.2, 0.25) is 0 Å². The maximum atomic E-state index is 10.3. The van der Waals surface area contributed by atoms with Crippen molar-refractivity contribution >= 4 is 21.5 Å². The molecular weight excluding hydrogens is 264 g/mol. The third-order valence-electron chi connectivity index (χ3n) is 4.76. The number of aliphatic hydroxyl groups excluding tert-OH is 2. The van der Waals surface area contributed by atoms with Crippen molar-refractivity contribution in [2.24, 2.45) is 0 Å². The van der Waals surface area contributed by atoms with Gasteiger partial charge in [0.05, 0.1) is 0 Å². The van der Waals surface area contributed by atoms with Crippen LogP contribution in [0.1, 0.15) is 23.3 Å². The summed E-state index contributed by atoms with van der Waals surface area (Å²) in [7, 11) is 0. The summed E-state index contributed by atoms with van der Waals surface area (Å²) in [5, 5.41) is 25.0. The number of hydrogen-bond donors (Lipinski definition) is 2. The third kappa shape index (κ3) is 1.48. The van der Waals surface area contributed by atoms with Crippen LogP contribution in [0.15, 0.2) is 48.5 Å². The summed E-state index contributed by atoms with van der Waals surface area (Å²) in [6, 6.07) is 16.5. The standard InChI is InChI=1S/C18H14O3/c19-15-13-8-12-10(6-5-9-3-1-2-4-11(9)12)7-14(13)17-18(21-17)16(15)20/h1-8,15-20H/t15?,16?,17-,18+/m1/s1. The van der Waals surface area contributed by atoms with Gasteiger partial charge in [-0.25, -0.2) is 0 Å². The van der Waals surface area contributed by atoms with E-state index in [2.05, 4.69) is 30.3 Å². The van der Waals surface area contributed by atoms with E-state index in [0.717, 1.165) is 21.9 Å². The third-order valence-corrected chi connectivity index (χ3v) is 4.76. The van der Waals surface area contributed by atoms with E-state index in [1.54, 1.807) is 0 Å². The van der Waals surface area contributed by atoms with Gasteiger partial charge >= 0.3 is 0 Å². The van der Waals surface area contributed by atoms with Crippen LogP contribution in [0.25, 0.3) is 21.5 Å². The molecule has 5 rings (SSSR count). The minimum Gasteiger partial charge on any atom is -0.387 e. The summed E-state index contributed by atoms with van der Waals surface area (Å²) in [6.07, 6.45) is -2.00. The van der Waals surface area contributed by atoms with Crippen molar-refractivity contribution in [2.75, 3.05) is 0 Å². The molecule has 0 radical (unpaired) electrons. The highest BCUT2D eigenvalue weighted by atomic mass is 16.6. The molecule has 1 aliphatic carbocycles. The van der Waals surface area contributed by atoms with Crippen LogP contribution >= 0.6 is 0 Å². The molecule has 2 aliphatic rings. The average Bonchev–Trinajstić information content (AvgIpc) is 3.32. The van der Waals surface area contributed by atoms with Crippen molar-refractivity contribution in [2.45, 2.75) is 24.4 Å². The monoisotopic (exact) mass is 278 g/mol. The van der Waals surface area contributed by atoms with Gasteiger partial charge < -0.3 is 14.9 Å². The topological polar surface area (TPSA) is 53.0 Å². The summed E-state index contributed by atoms with van der Waals surface area (Å²) in [4.78, 5) is 0. The lowest BCUT2D eigenvalue weighted by molar-refractivity contribution is 0.0000752. The Morgan fingerprint density at radius 2 is 1.62 bits per heavy atom. The lowest BCUT2D eigenvalue weighted by atomic mass is 9.85. The van der Waals surface area contributed by atoms with Gasteiger partial charge in [-0.2, -0.15) is 0 Å². The molecule has 1 heterocycles. The first kappa shape index (κ1) is 11.7. The van der Waals surface area contributed by atoms with E-state index in [4.69, 9.17) is 4.74 Å². The highest BCUT2D eigenvalue weighted by Gasteiger charge is 2.53. The number of rotatable bonds is 0. The Morgan fingerprint density at radius 1 is 0.810 bits per heavy atom. The van der Waals surface area contributed by atoms with Crippen molar-refractivity contribution in [3.63, 3.8) is 0 Å². The highest BCUT2D eigenvalue weighted by Crippen LogP contribution is 2.51. The first-order valence-electron chi connectivity index (χ1n) is 7.21. The normalized spacial score (nSPS) is 30.2. The van der Waals surface area contributed by atoms with Crippen molar-refractivity contribution in [3.8, 4) is 0 Å². The van der Waals surface area contributed by atoms with Crippen molar-refractivity contribution in [3.05, 3.63) is 59.7 Å². The van der Waals surface area contributed by atoms with Gasteiger partial charge in [-0.05, 0) is 44.8 Å². The molecule has 0 bridgehead atoms. The lowest BCUT2D eigenvalue weighted by Crippen LogP contribution is -2.28. The van der Waals surface area contributed by atoms with E-state index >= 15 is 0 Å². The molecule has 1 aliphatic heterocycles. The van der Waals surface area contributed by atoms with Crippen LogP contribution in [0.4, 0.5) is 0 Å². The summed E-state index contributed by atoms with van der Waals surface area (Å²) < 4.78 is 5.51. The van der Waals surface area contributed by atoms with Crippen LogP contribution in [0, 0.1) is 0 Å². The second kappa shape index (κ2) is 3.83. The molecule has 3 heteroatoms. The predicted octanol–water partition coefficient (Wildman–Crippen LogP) is 2.84. The smallest absolute Gasteiger partial charge is 0.118 e. The molecule has 3 aromatic rings. The second-order valence-electron chi connectivity index (χ2n) is 5.95. The van der Waals surface area contributed by atoms with Crippen LogP contribution in [0.5, 0.6) is 0 Å². The molecule has 2 N–H and O–H groups in total. The number of epoxide rings is 1. The van der Waals surface area contributed by atoms with Crippen LogP contribution in [-0.4, -0.2) is 22.4 Å². The molecule has 2 unspecified atom stereocenters. The van der Waals surface area contributed by atoms with Gasteiger partial charge in [0, 0.05) is 0 Å². The summed E-state index contributed by atoms with van der Waals surface area (Å²) in [6.45, 7) is 0. The van der Waals surface area contributed by atoms with Crippen molar-refractivity contribution in [1.29, 1.82) is 0 Å². The Morgan fingerprint density at radius 3 is 2.52 bits per heavy atom. The Balaban J connectivity index is 1.87. The average molecular weight is 278 g/mol. The van der Waals surface area contributed by atoms with Gasteiger partial charge in [0.1, 0.15) is 24.4 Å². The molecular formula is C18H14O3. The Bertz CT molecular complexity index is 886. The summed E-state index contributed by atoms with van der Waals surface area (Å²) in [5.41, 5.74) is 1.81. The van der Waals surface area contributed by atoms with Crippen molar-refractivity contribution in [1.82, 2.24) is 0 Å². The van der Waals surface area contributed by atoms with E-state index in [1.165, 1.54) is 10.8 Å². The van der Waals surface area contributed by atoms with E-state index in [1.807, 2.05) is 18.2 Å². The molecule has 3 nitrogen and oxygen atoms in total. The van der Waals surface area contributed by atoms with Gasteiger partial charge in [0.15, 0.2) is 0 Å². The first-order chi connectivity index (χ1) is 10.2. The quantitative estimate of drug-likeness (QED) is 0.491. The van der Waals surface area contributed by atoms with Crippen molar-refractivity contribution < 1.29 is 14.9 Å². The molecule has 0 aromatic heterocycles. The molecule has 0 saturated carbocycles. The maximum Gasteiger partial charge on any atom is 0.118 e. The van der Waals surface area contributed by atoms with Gasteiger partial charge in [-0.1, -0.05) is 36.4 Å². The van der Waals surface area contributed by atoms with E-state index in [9.17, 15) is 10.2 Å². The summed E-state index contributed by atoms with van der Waals surface area (Å²) >= 11 is 0. The SMILES string of the molecule is OC1c2cc3c(ccc4ccccc43)cc2[C@H]2O[C@H]2C1O. The Kier molecular flexibility index (Phi) is 2.13. The van der Waals surface area contributed by atoms with Crippen LogP contribution in [0.3, 0.4) is 0 Å². The van der Waals surface area contributed by atoms with E-state index in [-0.39, 0.29) is 12.2 Å². The number of benzene rings is 3. The fourth-order valence-electron chi connectivity index (χ4n) is 3.59. The largest absolute Gasteiger partial charge is 0.387 e. The zero-order valence-corrected chi connectivity index (χ0v) is 11.2. The van der Waals surface area contributed by atoms with Gasteiger partial charge in [-0.3, -0.25) is 0 Å². The minimum absolute atomic E-state index is 0.0609.